The normalized spacial score (nSPS) is 12.7. The molecule has 0 bridgehead atoms. The van der Waals surface area contributed by atoms with E-state index in [1.165, 1.54) is 16.0 Å². The molecule has 0 fully saturated rings. The first-order chi connectivity index (χ1) is 9.02. The number of halogens is 1. The van der Waals surface area contributed by atoms with Gasteiger partial charge in [0.1, 0.15) is 0 Å². The van der Waals surface area contributed by atoms with E-state index in [0.717, 1.165) is 21.6 Å². The smallest absolute Gasteiger partial charge is 0.0950 e. The molecule has 19 heavy (non-hydrogen) atoms. The molecular weight excluding hydrogens is 322 g/mol. The van der Waals surface area contributed by atoms with Crippen molar-refractivity contribution < 1.29 is 0 Å². The Morgan fingerprint density at radius 3 is 2.68 bits per heavy atom. The van der Waals surface area contributed by atoms with E-state index in [9.17, 15) is 0 Å². The highest BCUT2D eigenvalue weighted by Gasteiger charge is 2.16. The maximum absolute atomic E-state index is 5.73. The Balaban J connectivity index is 2.27. The Morgan fingerprint density at radius 2 is 2.11 bits per heavy atom. The summed E-state index contributed by atoms with van der Waals surface area (Å²) in [5.74, 6) is 5.73. The van der Waals surface area contributed by atoms with E-state index in [4.69, 9.17) is 5.84 Å². The lowest BCUT2D eigenvalue weighted by Crippen LogP contribution is -2.30. The quantitative estimate of drug-likeness (QED) is 0.661. The standard InChI is InChI=1S/C14H18BrN3S/c1-8-11(5-4-6-12(8)15)13(18-16)7-14-17-9(2)10(3)19-14/h4-6,13,18H,7,16H2,1-3H3. The number of thiazole rings is 1. The van der Waals surface area contributed by atoms with Crippen molar-refractivity contribution in [2.75, 3.05) is 0 Å². The van der Waals surface area contributed by atoms with E-state index in [2.05, 4.69) is 46.3 Å². The molecule has 3 N–H and O–H groups in total. The van der Waals surface area contributed by atoms with Crippen molar-refractivity contribution >= 4 is 27.3 Å². The van der Waals surface area contributed by atoms with Crippen molar-refractivity contribution in [3.8, 4) is 0 Å². The highest BCUT2D eigenvalue weighted by atomic mass is 79.9. The van der Waals surface area contributed by atoms with Crippen molar-refractivity contribution in [1.82, 2.24) is 10.4 Å². The predicted octanol–water partition coefficient (Wildman–Crippen LogP) is 3.58. The van der Waals surface area contributed by atoms with Crippen molar-refractivity contribution in [1.29, 1.82) is 0 Å². The second-order valence-electron chi connectivity index (χ2n) is 4.63. The fourth-order valence-electron chi connectivity index (χ4n) is 2.06. The van der Waals surface area contributed by atoms with Crippen LogP contribution >= 0.6 is 27.3 Å². The second-order valence-corrected chi connectivity index (χ2v) is 6.77. The fraction of sp³-hybridized carbons (Fsp3) is 0.357. The molecule has 0 amide bonds. The van der Waals surface area contributed by atoms with E-state index in [0.29, 0.717) is 0 Å². The highest BCUT2D eigenvalue weighted by Crippen LogP contribution is 2.28. The first-order valence-electron chi connectivity index (χ1n) is 6.17. The van der Waals surface area contributed by atoms with E-state index >= 15 is 0 Å². The molecule has 1 aromatic heterocycles. The van der Waals surface area contributed by atoms with Crippen molar-refractivity contribution in [3.05, 3.63) is 49.4 Å². The summed E-state index contributed by atoms with van der Waals surface area (Å²) >= 11 is 5.31. The lowest BCUT2D eigenvalue weighted by molar-refractivity contribution is 0.547. The number of nitrogens with one attached hydrogen (secondary N) is 1. The van der Waals surface area contributed by atoms with Gasteiger partial charge in [0, 0.05) is 15.8 Å². The van der Waals surface area contributed by atoms with Crippen LogP contribution in [0, 0.1) is 20.8 Å². The fourth-order valence-corrected chi connectivity index (χ4v) is 3.42. The third-order valence-electron chi connectivity index (χ3n) is 3.34. The van der Waals surface area contributed by atoms with Crippen LogP contribution in [-0.4, -0.2) is 4.98 Å². The molecule has 0 aliphatic rings. The van der Waals surface area contributed by atoms with Gasteiger partial charge in [0.15, 0.2) is 0 Å². The van der Waals surface area contributed by atoms with Gasteiger partial charge in [-0.3, -0.25) is 11.3 Å². The number of nitrogens with two attached hydrogens (primary N) is 1. The first kappa shape index (κ1) is 14.7. The molecule has 0 radical (unpaired) electrons. The molecular formula is C14H18BrN3S. The van der Waals surface area contributed by atoms with E-state index in [1.54, 1.807) is 11.3 Å². The summed E-state index contributed by atoms with van der Waals surface area (Å²) in [6, 6.07) is 6.28. The average molecular weight is 340 g/mol. The Kier molecular flexibility index (Phi) is 4.73. The largest absolute Gasteiger partial charge is 0.271 e. The van der Waals surface area contributed by atoms with Gasteiger partial charge in [-0.2, -0.15) is 0 Å². The summed E-state index contributed by atoms with van der Waals surface area (Å²) in [4.78, 5) is 5.86. The third kappa shape index (κ3) is 3.23. The van der Waals surface area contributed by atoms with Gasteiger partial charge in [-0.25, -0.2) is 4.98 Å². The van der Waals surface area contributed by atoms with Gasteiger partial charge in [-0.1, -0.05) is 28.1 Å². The SMILES string of the molecule is Cc1nc(CC(NN)c2cccc(Br)c2C)sc1C. The van der Waals surface area contributed by atoms with E-state index in [1.807, 2.05) is 19.1 Å². The second kappa shape index (κ2) is 6.13. The zero-order valence-corrected chi connectivity index (χ0v) is 13.7. The molecule has 0 saturated carbocycles. The van der Waals surface area contributed by atoms with Crippen molar-refractivity contribution in [2.24, 2.45) is 5.84 Å². The van der Waals surface area contributed by atoms with Crippen LogP contribution < -0.4 is 11.3 Å². The molecule has 5 heteroatoms. The van der Waals surface area contributed by atoms with Crippen LogP contribution in [0.1, 0.15) is 32.7 Å². The minimum Gasteiger partial charge on any atom is -0.271 e. The molecule has 1 aromatic carbocycles. The van der Waals surface area contributed by atoms with Crippen LogP contribution in [0.25, 0.3) is 0 Å². The van der Waals surface area contributed by atoms with Gasteiger partial charge in [0.05, 0.1) is 16.7 Å². The lowest BCUT2D eigenvalue weighted by atomic mass is 9.99. The van der Waals surface area contributed by atoms with Gasteiger partial charge < -0.3 is 0 Å². The summed E-state index contributed by atoms with van der Waals surface area (Å²) in [6.45, 7) is 6.25. The topological polar surface area (TPSA) is 50.9 Å². The van der Waals surface area contributed by atoms with E-state index in [-0.39, 0.29) is 6.04 Å². The van der Waals surface area contributed by atoms with Gasteiger partial charge in [-0.05, 0) is 38.0 Å². The van der Waals surface area contributed by atoms with Gasteiger partial charge in [0.25, 0.3) is 0 Å². The Bertz CT molecular complexity index is 561. The highest BCUT2D eigenvalue weighted by molar-refractivity contribution is 9.10. The number of benzene rings is 1. The maximum Gasteiger partial charge on any atom is 0.0950 e. The molecule has 0 spiro atoms. The third-order valence-corrected chi connectivity index (χ3v) is 5.29. The molecule has 1 unspecified atom stereocenters. The summed E-state index contributed by atoms with van der Waals surface area (Å²) in [6.07, 6.45) is 0.813. The number of rotatable bonds is 4. The number of aryl methyl sites for hydroxylation is 2. The monoisotopic (exact) mass is 339 g/mol. The number of hydrazine groups is 1. The number of aromatic nitrogens is 1. The van der Waals surface area contributed by atoms with Gasteiger partial charge in [-0.15, -0.1) is 11.3 Å². The van der Waals surface area contributed by atoms with Crippen LogP contribution in [0.5, 0.6) is 0 Å². The number of hydrogen-bond acceptors (Lipinski definition) is 4. The minimum absolute atomic E-state index is 0.0856. The molecule has 1 atom stereocenters. The summed E-state index contributed by atoms with van der Waals surface area (Å²) < 4.78 is 1.11. The summed E-state index contributed by atoms with van der Waals surface area (Å²) in [5, 5.41) is 1.12. The van der Waals surface area contributed by atoms with Crippen LogP contribution in [0.15, 0.2) is 22.7 Å². The predicted molar refractivity (Wildman–Crippen MR) is 84.2 cm³/mol. The number of nitrogens with zero attached hydrogens (tertiary/aromatic N) is 1. The number of hydrogen-bond donors (Lipinski definition) is 2. The Labute approximate surface area is 126 Å². The molecule has 2 aromatic rings. The molecule has 3 nitrogen and oxygen atoms in total. The van der Waals surface area contributed by atoms with Gasteiger partial charge in [0.2, 0.25) is 0 Å². The van der Waals surface area contributed by atoms with Crippen molar-refractivity contribution in [2.45, 2.75) is 33.2 Å². The molecule has 2 rings (SSSR count). The Morgan fingerprint density at radius 1 is 1.37 bits per heavy atom. The average Bonchev–Trinajstić information content (AvgIpc) is 2.69. The molecule has 0 saturated heterocycles. The lowest BCUT2D eigenvalue weighted by Gasteiger charge is -2.18. The van der Waals surface area contributed by atoms with Crippen LogP contribution in [0.2, 0.25) is 0 Å². The maximum atomic E-state index is 5.73. The van der Waals surface area contributed by atoms with Crippen molar-refractivity contribution in [3.63, 3.8) is 0 Å². The van der Waals surface area contributed by atoms with Crippen LogP contribution in [0.3, 0.4) is 0 Å². The van der Waals surface area contributed by atoms with E-state index < -0.39 is 0 Å². The minimum atomic E-state index is 0.0856. The zero-order chi connectivity index (χ0) is 14.0. The summed E-state index contributed by atoms with van der Waals surface area (Å²) in [7, 11) is 0. The molecule has 1 heterocycles. The first-order valence-corrected chi connectivity index (χ1v) is 7.78. The van der Waals surface area contributed by atoms with Crippen LogP contribution in [-0.2, 0) is 6.42 Å². The molecule has 0 aliphatic carbocycles. The Hall–Kier alpha value is -0.750. The zero-order valence-electron chi connectivity index (χ0n) is 11.3. The molecule has 0 aliphatic heterocycles. The summed E-state index contributed by atoms with van der Waals surface area (Å²) in [5.41, 5.74) is 6.45. The molecule has 102 valence electrons. The van der Waals surface area contributed by atoms with Gasteiger partial charge >= 0.3 is 0 Å². The van der Waals surface area contributed by atoms with Crippen LogP contribution in [0.4, 0.5) is 0 Å².